The van der Waals surface area contributed by atoms with Crippen LogP contribution in [0.25, 0.3) is 11.1 Å². The quantitative estimate of drug-likeness (QED) is 0.306. The number of aromatic nitrogens is 2. The molecule has 0 spiro atoms. The van der Waals surface area contributed by atoms with Gasteiger partial charge in [-0.2, -0.15) is 22.5 Å². The zero-order valence-electron chi connectivity index (χ0n) is 20.5. The first-order valence-electron chi connectivity index (χ1n) is 12.1. The molecule has 1 aliphatic carbocycles. The van der Waals surface area contributed by atoms with Crippen LogP contribution >= 0.6 is 11.5 Å². The molecule has 2 aromatic carbocycles. The molecule has 0 amide bonds. The van der Waals surface area contributed by atoms with E-state index in [4.69, 9.17) is 0 Å². The lowest BCUT2D eigenvalue weighted by molar-refractivity contribution is -0.144. The summed E-state index contributed by atoms with van der Waals surface area (Å²) in [5.74, 6) is -1.99. The molecule has 1 heterocycles. The Kier molecular flexibility index (Phi) is 8.03. The van der Waals surface area contributed by atoms with E-state index >= 15 is 0 Å². The average Bonchev–Trinajstić information content (AvgIpc) is 3.32. The van der Waals surface area contributed by atoms with Crippen molar-refractivity contribution in [3.63, 3.8) is 0 Å². The molecule has 0 aliphatic heterocycles. The fourth-order valence-electron chi connectivity index (χ4n) is 4.69. The Morgan fingerprint density at radius 2 is 1.86 bits per heavy atom. The number of rotatable bonds is 8. The van der Waals surface area contributed by atoms with Gasteiger partial charge >= 0.3 is 12.1 Å². The summed E-state index contributed by atoms with van der Waals surface area (Å²) in [7, 11) is 0. The number of aliphatic hydroxyl groups is 1. The summed E-state index contributed by atoms with van der Waals surface area (Å²) in [4.78, 5) is 17.7. The molecule has 1 aromatic heterocycles. The van der Waals surface area contributed by atoms with Crippen LogP contribution in [0.5, 0.6) is 0 Å². The van der Waals surface area contributed by atoms with Crippen LogP contribution in [-0.4, -0.2) is 44.2 Å². The van der Waals surface area contributed by atoms with Gasteiger partial charge in [0.2, 0.25) is 11.0 Å². The second-order valence-corrected chi connectivity index (χ2v) is 10.4. The van der Waals surface area contributed by atoms with Crippen LogP contribution in [0.15, 0.2) is 42.5 Å². The van der Waals surface area contributed by atoms with Crippen molar-refractivity contribution in [1.82, 2.24) is 9.36 Å². The van der Waals surface area contributed by atoms with Crippen LogP contribution in [0.3, 0.4) is 0 Å². The maximum absolute atomic E-state index is 13.1. The second kappa shape index (κ2) is 11.1. The molecule has 198 valence electrons. The fraction of sp³-hybridized carbons (Fsp3) is 0.423. The first-order chi connectivity index (χ1) is 17.5. The molecule has 37 heavy (non-hydrogen) atoms. The maximum Gasteiger partial charge on any atom is 0.452 e. The molecular weight excluding hydrogens is 505 g/mol. The SMILES string of the molecule is CC(C)CN(c1ccc(-c2ccccc2C(=O)O)cc1Nc1nc(C(F)(F)F)ns1)C1CCC(O)CC1. The molecular formula is C26H29F3N4O3S. The number of anilines is 3. The zero-order valence-corrected chi connectivity index (χ0v) is 21.3. The highest BCUT2D eigenvalue weighted by Crippen LogP contribution is 2.39. The van der Waals surface area contributed by atoms with Gasteiger partial charge in [-0.15, -0.1) is 0 Å². The Bertz CT molecular complexity index is 1240. The standard InChI is InChI=1S/C26H29F3N4O3S/c1-15(2)14-33(17-8-10-18(34)11-9-17)22-12-7-16(19-5-3-4-6-20(19)23(35)36)13-21(22)30-25-31-24(32-37-25)26(27,28)29/h3-7,12-13,15,17-18,34H,8-11,14H2,1-2H3,(H,35,36)(H,30,31,32). The van der Waals surface area contributed by atoms with Crippen LogP contribution in [0.2, 0.25) is 0 Å². The lowest BCUT2D eigenvalue weighted by Crippen LogP contribution is -2.41. The molecule has 1 fully saturated rings. The third kappa shape index (κ3) is 6.40. The Labute approximate surface area is 217 Å². The fourth-order valence-corrected chi connectivity index (χ4v) is 5.29. The van der Waals surface area contributed by atoms with E-state index in [9.17, 15) is 28.2 Å². The molecule has 0 unspecified atom stereocenters. The number of nitrogens with one attached hydrogen (secondary N) is 1. The van der Waals surface area contributed by atoms with Crippen LogP contribution in [-0.2, 0) is 6.18 Å². The average molecular weight is 535 g/mol. The van der Waals surface area contributed by atoms with Crippen molar-refractivity contribution in [3.8, 4) is 11.1 Å². The third-order valence-electron chi connectivity index (χ3n) is 6.36. The Hall–Kier alpha value is -3.18. The van der Waals surface area contributed by atoms with E-state index in [-0.39, 0.29) is 22.8 Å². The van der Waals surface area contributed by atoms with E-state index in [0.29, 0.717) is 53.7 Å². The van der Waals surface area contributed by atoms with Crippen LogP contribution in [0.1, 0.15) is 55.7 Å². The number of hydrogen-bond donors (Lipinski definition) is 3. The number of halogens is 3. The van der Waals surface area contributed by atoms with Gasteiger partial charge in [0.05, 0.1) is 23.0 Å². The summed E-state index contributed by atoms with van der Waals surface area (Å²) < 4.78 is 42.9. The number of carboxylic acids is 1. The Morgan fingerprint density at radius 1 is 1.16 bits per heavy atom. The highest BCUT2D eigenvalue weighted by Gasteiger charge is 2.36. The monoisotopic (exact) mass is 534 g/mol. The maximum atomic E-state index is 13.1. The topological polar surface area (TPSA) is 98.6 Å². The number of alkyl halides is 3. The van der Waals surface area contributed by atoms with Gasteiger partial charge in [0, 0.05) is 24.1 Å². The van der Waals surface area contributed by atoms with E-state index in [1.165, 1.54) is 6.07 Å². The predicted octanol–water partition coefficient (Wildman–Crippen LogP) is 6.43. The summed E-state index contributed by atoms with van der Waals surface area (Å²) in [6.45, 7) is 4.88. The van der Waals surface area contributed by atoms with Gasteiger partial charge in [0.1, 0.15) is 0 Å². The summed E-state index contributed by atoms with van der Waals surface area (Å²) in [5.41, 5.74) is 2.50. The van der Waals surface area contributed by atoms with Gasteiger partial charge in [0.25, 0.3) is 0 Å². The van der Waals surface area contributed by atoms with Gasteiger partial charge in [-0.1, -0.05) is 38.1 Å². The number of nitrogens with zero attached hydrogens (tertiary/aromatic N) is 3. The van der Waals surface area contributed by atoms with Crippen LogP contribution < -0.4 is 10.2 Å². The minimum absolute atomic E-state index is 0.0131. The minimum Gasteiger partial charge on any atom is -0.478 e. The molecule has 1 aliphatic rings. The molecule has 7 nitrogen and oxygen atoms in total. The van der Waals surface area contributed by atoms with Gasteiger partial charge in [-0.25, -0.2) is 4.79 Å². The zero-order chi connectivity index (χ0) is 26.7. The predicted molar refractivity (Wildman–Crippen MR) is 137 cm³/mol. The number of carboxylic acid groups (broad SMARTS) is 1. The first-order valence-corrected chi connectivity index (χ1v) is 12.9. The molecule has 3 N–H and O–H groups in total. The number of aliphatic hydroxyl groups excluding tert-OH is 1. The number of carbonyl (C=O) groups is 1. The van der Waals surface area contributed by atoms with Crippen molar-refractivity contribution >= 4 is 34.0 Å². The largest absolute Gasteiger partial charge is 0.478 e. The molecule has 4 rings (SSSR count). The molecule has 1 saturated carbocycles. The lowest BCUT2D eigenvalue weighted by Gasteiger charge is -2.39. The second-order valence-electron chi connectivity index (χ2n) is 9.64. The van der Waals surface area contributed by atoms with Gasteiger partial charge in [-0.3, -0.25) is 0 Å². The van der Waals surface area contributed by atoms with E-state index < -0.39 is 18.0 Å². The normalized spacial score (nSPS) is 18.1. The van der Waals surface area contributed by atoms with Crippen molar-refractivity contribution in [1.29, 1.82) is 0 Å². The highest BCUT2D eigenvalue weighted by molar-refractivity contribution is 7.09. The van der Waals surface area contributed by atoms with Crippen molar-refractivity contribution in [2.24, 2.45) is 5.92 Å². The summed E-state index contributed by atoms with van der Waals surface area (Å²) in [5, 5.41) is 22.7. The Balaban J connectivity index is 1.80. The van der Waals surface area contributed by atoms with Crippen LogP contribution in [0, 0.1) is 5.92 Å². The molecule has 0 radical (unpaired) electrons. The minimum atomic E-state index is -4.66. The molecule has 0 atom stereocenters. The summed E-state index contributed by atoms with van der Waals surface area (Å²) in [6, 6.07) is 12.2. The van der Waals surface area contributed by atoms with Gasteiger partial charge in [-0.05, 0) is 60.9 Å². The smallest absolute Gasteiger partial charge is 0.452 e. The number of aromatic carboxylic acids is 1. The van der Waals surface area contributed by atoms with E-state index in [1.807, 2.05) is 12.1 Å². The third-order valence-corrected chi connectivity index (χ3v) is 6.99. The van der Waals surface area contributed by atoms with E-state index in [0.717, 1.165) is 18.5 Å². The molecule has 3 aromatic rings. The van der Waals surface area contributed by atoms with E-state index in [2.05, 4.69) is 33.4 Å². The van der Waals surface area contributed by atoms with Gasteiger partial charge in [0.15, 0.2) is 0 Å². The molecule has 0 saturated heterocycles. The number of benzene rings is 2. The van der Waals surface area contributed by atoms with Crippen molar-refractivity contribution in [3.05, 3.63) is 53.9 Å². The molecule has 0 bridgehead atoms. The van der Waals surface area contributed by atoms with Crippen LogP contribution in [0.4, 0.5) is 29.7 Å². The van der Waals surface area contributed by atoms with E-state index in [1.54, 1.807) is 24.3 Å². The molecule has 11 heteroatoms. The van der Waals surface area contributed by atoms with Crippen molar-refractivity contribution in [2.75, 3.05) is 16.8 Å². The van der Waals surface area contributed by atoms with Gasteiger partial charge < -0.3 is 20.4 Å². The summed E-state index contributed by atoms with van der Waals surface area (Å²) >= 11 is 0.613. The summed E-state index contributed by atoms with van der Waals surface area (Å²) in [6.07, 6.45) is -2.06. The first kappa shape index (κ1) is 26.9. The Morgan fingerprint density at radius 3 is 2.49 bits per heavy atom. The number of hydrogen-bond acceptors (Lipinski definition) is 7. The highest BCUT2D eigenvalue weighted by atomic mass is 32.1. The van der Waals surface area contributed by atoms with Crippen molar-refractivity contribution < 1.29 is 28.2 Å². The lowest BCUT2D eigenvalue weighted by atomic mass is 9.90. The van der Waals surface area contributed by atoms with Crippen molar-refractivity contribution in [2.45, 2.75) is 57.9 Å².